The molecule has 0 amide bonds. The third kappa shape index (κ3) is 2.88. The van der Waals surface area contributed by atoms with E-state index in [1.54, 1.807) is 24.1 Å². The Balaban J connectivity index is 2.30. The molecule has 0 fully saturated rings. The van der Waals surface area contributed by atoms with Gasteiger partial charge in [0, 0.05) is 6.20 Å². The number of nitrogen functional groups attached to an aromatic ring is 1. The lowest BCUT2D eigenvalue weighted by Gasteiger charge is -2.09. The highest BCUT2D eigenvalue weighted by atomic mass is 35.5. The lowest BCUT2D eigenvalue weighted by molar-refractivity contribution is 0.413. The summed E-state index contributed by atoms with van der Waals surface area (Å²) in [6, 6.07) is 5.53. The van der Waals surface area contributed by atoms with Gasteiger partial charge in [-0.3, -0.25) is 10.1 Å². The second kappa shape index (κ2) is 5.32. The molecule has 0 aliphatic heterocycles. The lowest BCUT2D eigenvalue weighted by Crippen LogP contribution is -2.13. The maximum Gasteiger partial charge on any atom is 0.129 e. The van der Waals surface area contributed by atoms with Gasteiger partial charge in [-0.25, -0.2) is 0 Å². The molecule has 1 aromatic carbocycles. The van der Waals surface area contributed by atoms with E-state index in [1.807, 2.05) is 19.1 Å². The molecule has 1 aromatic heterocycles. The molecule has 2 rings (SSSR count). The van der Waals surface area contributed by atoms with Crippen molar-refractivity contribution in [3.8, 4) is 5.75 Å². The third-order valence-corrected chi connectivity index (χ3v) is 3.16. The Kier molecular flexibility index (Phi) is 3.76. The zero-order valence-corrected chi connectivity index (χ0v) is 11.5. The summed E-state index contributed by atoms with van der Waals surface area (Å²) in [4.78, 5) is 0. The molecule has 5 nitrogen and oxygen atoms in total. The molecule has 0 atom stereocenters. The Morgan fingerprint density at radius 2 is 2.26 bits per heavy atom. The second-order valence-electron chi connectivity index (χ2n) is 4.21. The fourth-order valence-corrected chi connectivity index (χ4v) is 1.98. The first kappa shape index (κ1) is 13.4. The Bertz CT molecular complexity index is 602. The Hall–Kier alpha value is -2.01. The largest absolute Gasteiger partial charge is 0.496 e. The van der Waals surface area contributed by atoms with Crippen LogP contribution >= 0.6 is 11.6 Å². The molecule has 3 N–H and O–H groups in total. The minimum absolute atomic E-state index is 0.0200. The molecule has 0 unspecified atom stereocenters. The molecule has 100 valence electrons. The summed E-state index contributed by atoms with van der Waals surface area (Å²) in [5, 5.41) is 12.5. The van der Waals surface area contributed by atoms with Crippen LogP contribution in [0.1, 0.15) is 16.8 Å². The van der Waals surface area contributed by atoms with Gasteiger partial charge in [-0.05, 0) is 24.6 Å². The molecule has 19 heavy (non-hydrogen) atoms. The van der Waals surface area contributed by atoms with E-state index in [0.717, 1.165) is 11.3 Å². The van der Waals surface area contributed by atoms with Crippen LogP contribution in [0.4, 0.5) is 0 Å². The van der Waals surface area contributed by atoms with Crippen molar-refractivity contribution >= 4 is 17.4 Å². The number of benzene rings is 1. The first-order valence-corrected chi connectivity index (χ1v) is 6.10. The number of hydrogen-bond acceptors (Lipinski definition) is 3. The number of nitrogens with zero attached hydrogens (tertiary/aromatic N) is 2. The average molecular weight is 279 g/mol. The number of hydrogen-bond donors (Lipinski definition) is 2. The molecule has 0 radical (unpaired) electrons. The van der Waals surface area contributed by atoms with Crippen molar-refractivity contribution in [3.05, 3.63) is 46.2 Å². The minimum atomic E-state index is -0.0200. The molecule has 0 spiro atoms. The number of rotatable bonds is 4. The first-order chi connectivity index (χ1) is 9.01. The van der Waals surface area contributed by atoms with Crippen molar-refractivity contribution in [2.75, 3.05) is 7.11 Å². The molecular weight excluding hydrogens is 264 g/mol. The van der Waals surface area contributed by atoms with Gasteiger partial charge in [0.2, 0.25) is 0 Å². The molecule has 0 bridgehead atoms. The van der Waals surface area contributed by atoms with Crippen molar-refractivity contribution < 1.29 is 4.74 Å². The fourth-order valence-electron chi connectivity index (χ4n) is 1.83. The van der Waals surface area contributed by atoms with E-state index in [1.165, 1.54) is 0 Å². The summed E-state index contributed by atoms with van der Waals surface area (Å²) in [5.41, 5.74) is 7.89. The number of nitrogens with two attached hydrogens (primary N) is 1. The Morgan fingerprint density at radius 1 is 1.53 bits per heavy atom. The van der Waals surface area contributed by atoms with E-state index >= 15 is 0 Å². The predicted molar refractivity (Wildman–Crippen MR) is 75.1 cm³/mol. The van der Waals surface area contributed by atoms with Crippen molar-refractivity contribution in [1.82, 2.24) is 9.78 Å². The number of amidine groups is 1. The maximum atomic E-state index is 7.55. The van der Waals surface area contributed by atoms with E-state index in [4.69, 9.17) is 27.5 Å². The van der Waals surface area contributed by atoms with Gasteiger partial charge >= 0.3 is 0 Å². The highest BCUT2D eigenvalue weighted by Crippen LogP contribution is 2.20. The molecule has 0 saturated heterocycles. The van der Waals surface area contributed by atoms with Crippen LogP contribution in [0.2, 0.25) is 5.02 Å². The smallest absolute Gasteiger partial charge is 0.129 e. The first-order valence-electron chi connectivity index (χ1n) is 5.72. The van der Waals surface area contributed by atoms with Gasteiger partial charge in [-0.2, -0.15) is 5.10 Å². The highest BCUT2D eigenvalue weighted by Gasteiger charge is 2.08. The average Bonchev–Trinajstić information content (AvgIpc) is 2.68. The number of aromatic nitrogens is 2. The standard InChI is InChI=1S/C13H15ClN4O/c1-8-11(14)7-18(17-8)6-9-3-4-12(19-2)10(5-9)13(15)16/h3-5,7H,6H2,1-2H3,(H3,15,16). The monoisotopic (exact) mass is 278 g/mol. The third-order valence-electron chi connectivity index (χ3n) is 2.79. The SMILES string of the molecule is COc1ccc(Cn2cc(Cl)c(C)n2)cc1C(=N)N. The molecule has 0 aliphatic rings. The molecular formula is C13H15ClN4O. The quantitative estimate of drug-likeness (QED) is 0.665. The summed E-state index contributed by atoms with van der Waals surface area (Å²) in [6.07, 6.45) is 1.77. The van der Waals surface area contributed by atoms with Crippen LogP contribution in [0.3, 0.4) is 0 Å². The number of ether oxygens (including phenoxy) is 1. The molecule has 2 aromatic rings. The Labute approximate surface area is 116 Å². The topological polar surface area (TPSA) is 76.9 Å². The molecule has 6 heteroatoms. The van der Waals surface area contributed by atoms with E-state index in [2.05, 4.69) is 5.10 Å². The van der Waals surface area contributed by atoms with Crippen LogP contribution in [-0.2, 0) is 6.54 Å². The van der Waals surface area contributed by atoms with Gasteiger partial charge in [0.15, 0.2) is 0 Å². The van der Waals surface area contributed by atoms with Crippen LogP contribution < -0.4 is 10.5 Å². The van der Waals surface area contributed by atoms with Gasteiger partial charge in [-0.1, -0.05) is 17.7 Å². The summed E-state index contributed by atoms with van der Waals surface area (Å²) < 4.78 is 6.92. The number of halogens is 1. The van der Waals surface area contributed by atoms with Gasteiger partial charge in [0.05, 0.1) is 29.9 Å². The van der Waals surface area contributed by atoms with Crippen molar-refractivity contribution in [1.29, 1.82) is 5.41 Å². The van der Waals surface area contributed by atoms with Crippen LogP contribution in [-0.4, -0.2) is 22.7 Å². The summed E-state index contributed by atoms with van der Waals surface area (Å²) in [5.74, 6) is 0.569. The zero-order valence-electron chi connectivity index (χ0n) is 10.8. The van der Waals surface area contributed by atoms with Crippen LogP contribution in [0.15, 0.2) is 24.4 Å². The molecule has 0 aliphatic carbocycles. The maximum absolute atomic E-state index is 7.55. The van der Waals surface area contributed by atoms with E-state index in [-0.39, 0.29) is 5.84 Å². The van der Waals surface area contributed by atoms with E-state index in [0.29, 0.717) is 22.9 Å². The second-order valence-corrected chi connectivity index (χ2v) is 4.62. The van der Waals surface area contributed by atoms with Crippen molar-refractivity contribution in [3.63, 3.8) is 0 Å². The van der Waals surface area contributed by atoms with Gasteiger partial charge in [0.25, 0.3) is 0 Å². The van der Waals surface area contributed by atoms with Crippen molar-refractivity contribution in [2.45, 2.75) is 13.5 Å². The van der Waals surface area contributed by atoms with Gasteiger partial charge in [0.1, 0.15) is 11.6 Å². The fraction of sp³-hybridized carbons (Fsp3) is 0.231. The summed E-state index contributed by atoms with van der Waals surface area (Å²) in [6.45, 7) is 2.42. The normalized spacial score (nSPS) is 10.5. The highest BCUT2D eigenvalue weighted by molar-refractivity contribution is 6.31. The Morgan fingerprint density at radius 3 is 2.79 bits per heavy atom. The zero-order chi connectivity index (χ0) is 14.0. The molecule has 0 saturated carbocycles. The minimum Gasteiger partial charge on any atom is -0.496 e. The summed E-state index contributed by atoms with van der Waals surface area (Å²) >= 11 is 5.97. The lowest BCUT2D eigenvalue weighted by atomic mass is 10.1. The van der Waals surface area contributed by atoms with Gasteiger partial charge < -0.3 is 10.5 Å². The number of nitrogens with one attached hydrogen (secondary N) is 1. The van der Waals surface area contributed by atoms with Crippen LogP contribution in [0.5, 0.6) is 5.75 Å². The van der Waals surface area contributed by atoms with Crippen LogP contribution in [0, 0.1) is 12.3 Å². The van der Waals surface area contributed by atoms with Crippen molar-refractivity contribution in [2.24, 2.45) is 5.73 Å². The van der Waals surface area contributed by atoms with E-state index < -0.39 is 0 Å². The molecule has 1 heterocycles. The summed E-state index contributed by atoms with van der Waals surface area (Å²) in [7, 11) is 1.55. The van der Waals surface area contributed by atoms with Crippen LogP contribution in [0.25, 0.3) is 0 Å². The number of methoxy groups -OCH3 is 1. The number of aryl methyl sites for hydroxylation is 1. The van der Waals surface area contributed by atoms with Gasteiger partial charge in [-0.15, -0.1) is 0 Å². The predicted octanol–water partition coefficient (Wildman–Crippen LogP) is 2.19. The van der Waals surface area contributed by atoms with E-state index in [9.17, 15) is 0 Å².